The van der Waals surface area contributed by atoms with Crippen LogP contribution in [0.1, 0.15) is 31.9 Å². The molecular formula is C31H38BrN3O6S. The van der Waals surface area contributed by atoms with Crippen LogP contribution in [-0.4, -0.2) is 63.7 Å². The first-order valence-electron chi connectivity index (χ1n) is 13.3. The Balaban J connectivity index is 2.13. The summed E-state index contributed by atoms with van der Waals surface area (Å²) < 4.78 is 38.8. The number of methoxy groups -OCH3 is 2. The lowest BCUT2D eigenvalue weighted by atomic mass is 10.0. The van der Waals surface area contributed by atoms with Crippen LogP contribution >= 0.6 is 15.9 Å². The molecule has 3 rings (SSSR count). The Bertz CT molecular complexity index is 1490. The Morgan fingerprint density at radius 3 is 2.17 bits per heavy atom. The predicted octanol–water partition coefficient (Wildman–Crippen LogP) is 4.79. The summed E-state index contributed by atoms with van der Waals surface area (Å²) in [6.07, 6.45) is 1.25. The van der Waals surface area contributed by atoms with Gasteiger partial charge in [0.25, 0.3) is 0 Å². The first kappa shape index (κ1) is 32.9. The molecule has 3 aromatic carbocycles. The number of hydrogen-bond donors (Lipinski definition) is 1. The van der Waals surface area contributed by atoms with Gasteiger partial charge >= 0.3 is 0 Å². The summed E-state index contributed by atoms with van der Waals surface area (Å²) in [7, 11) is -1.10. The Morgan fingerprint density at radius 2 is 1.60 bits per heavy atom. The minimum atomic E-state index is -3.98. The van der Waals surface area contributed by atoms with Crippen LogP contribution in [0.15, 0.2) is 77.3 Å². The van der Waals surface area contributed by atoms with Crippen molar-refractivity contribution in [2.24, 2.45) is 0 Å². The molecule has 0 aromatic heterocycles. The van der Waals surface area contributed by atoms with Gasteiger partial charge in [0.05, 0.1) is 26.2 Å². The van der Waals surface area contributed by atoms with Gasteiger partial charge in [0.2, 0.25) is 21.8 Å². The fourth-order valence-electron chi connectivity index (χ4n) is 4.43. The number of nitrogens with zero attached hydrogens (tertiary/aromatic N) is 2. The molecule has 11 heteroatoms. The first-order chi connectivity index (χ1) is 19.7. The summed E-state index contributed by atoms with van der Waals surface area (Å²) in [5, 5.41) is 3.01. The van der Waals surface area contributed by atoms with Gasteiger partial charge < -0.3 is 19.7 Å². The third-order valence-corrected chi connectivity index (χ3v) is 7.96. The zero-order valence-electron chi connectivity index (χ0n) is 24.8. The van der Waals surface area contributed by atoms with E-state index in [1.54, 1.807) is 12.1 Å². The van der Waals surface area contributed by atoms with Crippen LogP contribution in [0.4, 0.5) is 5.69 Å². The molecule has 2 amide bonds. The summed E-state index contributed by atoms with van der Waals surface area (Å²) in [6, 6.07) is 20.6. The normalized spacial score (nSPS) is 12.3. The zero-order chi connectivity index (χ0) is 31.1. The number of anilines is 1. The topological polar surface area (TPSA) is 105 Å². The van der Waals surface area contributed by atoms with Crippen molar-refractivity contribution in [3.05, 3.63) is 88.4 Å². The molecule has 0 radical (unpaired) electrons. The molecule has 9 nitrogen and oxygen atoms in total. The number of carbonyl (C=O) groups is 2. The molecule has 1 atom stereocenters. The molecule has 0 aliphatic heterocycles. The zero-order valence-corrected chi connectivity index (χ0v) is 27.2. The van der Waals surface area contributed by atoms with E-state index in [1.165, 1.54) is 25.2 Å². The van der Waals surface area contributed by atoms with E-state index in [4.69, 9.17) is 9.47 Å². The molecule has 0 aliphatic carbocycles. The molecule has 0 fully saturated rings. The van der Waals surface area contributed by atoms with E-state index >= 15 is 0 Å². The van der Waals surface area contributed by atoms with Crippen molar-refractivity contribution in [3.8, 4) is 11.5 Å². The molecule has 0 heterocycles. The van der Waals surface area contributed by atoms with Gasteiger partial charge in [0.15, 0.2) is 0 Å². The van der Waals surface area contributed by atoms with Gasteiger partial charge in [0, 0.05) is 29.0 Å². The minimum Gasteiger partial charge on any atom is -0.497 e. The molecule has 0 bridgehead atoms. The average molecular weight is 661 g/mol. The van der Waals surface area contributed by atoms with Gasteiger partial charge in [-0.25, -0.2) is 8.42 Å². The lowest BCUT2D eigenvalue weighted by Crippen LogP contribution is -2.56. The molecular weight excluding hydrogens is 622 g/mol. The first-order valence-corrected chi connectivity index (χ1v) is 16.0. The van der Waals surface area contributed by atoms with Crippen LogP contribution in [0.5, 0.6) is 11.5 Å². The molecule has 0 saturated heterocycles. The number of carbonyl (C=O) groups excluding carboxylic acids is 2. The number of halogens is 1. The van der Waals surface area contributed by atoms with E-state index < -0.39 is 34.1 Å². The molecule has 3 aromatic rings. The Morgan fingerprint density at radius 1 is 0.929 bits per heavy atom. The van der Waals surface area contributed by atoms with Gasteiger partial charge in [-0.2, -0.15) is 0 Å². The van der Waals surface area contributed by atoms with Crippen molar-refractivity contribution < 1.29 is 27.5 Å². The van der Waals surface area contributed by atoms with Gasteiger partial charge in [0.1, 0.15) is 24.1 Å². The predicted molar refractivity (Wildman–Crippen MR) is 168 cm³/mol. The Kier molecular flexibility index (Phi) is 11.0. The highest BCUT2D eigenvalue weighted by molar-refractivity contribution is 9.10. The van der Waals surface area contributed by atoms with Gasteiger partial charge in [-0.15, -0.1) is 0 Å². The SMILES string of the molecule is COc1ccc(OC)c(N(CC(=O)N(Cc2cccc(Br)c2)[C@@H](Cc2ccccc2)C(=O)NC(C)(C)C)S(C)(=O)=O)c1. The van der Waals surface area contributed by atoms with Gasteiger partial charge in [-0.05, 0) is 56.2 Å². The van der Waals surface area contributed by atoms with E-state index in [0.717, 1.165) is 26.2 Å². The number of sulfonamides is 1. The van der Waals surface area contributed by atoms with E-state index in [0.29, 0.717) is 5.75 Å². The molecule has 0 saturated carbocycles. The summed E-state index contributed by atoms with van der Waals surface area (Å²) in [6.45, 7) is 5.10. The van der Waals surface area contributed by atoms with Crippen LogP contribution < -0.4 is 19.1 Å². The summed E-state index contributed by atoms with van der Waals surface area (Å²) >= 11 is 3.48. The van der Waals surface area contributed by atoms with E-state index in [2.05, 4.69) is 21.2 Å². The average Bonchev–Trinajstić information content (AvgIpc) is 2.92. The van der Waals surface area contributed by atoms with Crippen molar-refractivity contribution in [1.29, 1.82) is 0 Å². The van der Waals surface area contributed by atoms with Crippen molar-refractivity contribution in [1.82, 2.24) is 10.2 Å². The fourth-order valence-corrected chi connectivity index (χ4v) is 5.72. The second kappa shape index (κ2) is 14.1. The maximum absolute atomic E-state index is 14.3. The Labute approximate surface area is 257 Å². The number of benzene rings is 3. The maximum atomic E-state index is 14.3. The smallest absolute Gasteiger partial charge is 0.244 e. The quantitative estimate of drug-likeness (QED) is 0.300. The van der Waals surface area contributed by atoms with Crippen molar-refractivity contribution >= 4 is 43.5 Å². The van der Waals surface area contributed by atoms with Crippen LogP contribution in [-0.2, 0) is 32.6 Å². The number of rotatable bonds is 12. The summed E-state index contributed by atoms with van der Waals surface area (Å²) in [5.41, 5.74) is 1.20. The number of nitrogens with one attached hydrogen (secondary N) is 1. The van der Waals surface area contributed by atoms with E-state index in [1.807, 2.05) is 75.4 Å². The van der Waals surface area contributed by atoms with Crippen LogP contribution in [0, 0.1) is 0 Å². The number of hydrogen-bond acceptors (Lipinski definition) is 6. The third kappa shape index (κ3) is 9.22. The molecule has 42 heavy (non-hydrogen) atoms. The molecule has 226 valence electrons. The van der Waals surface area contributed by atoms with Crippen molar-refractivity contribution in [2.45, 2.75) is 45.3 Å². The molecule has 0 aliphatic rings. The largest absolute Gasteiger partial charge is 0.497 e. The molecule has 0 unspecified atom stereocenters. The van der Waals surface area contributed by atoms with Gasteiger partial charge in [-0.1, -0.05) is 58.4 Å². The minimum absolute atomic E-state index is 0.0696. The monoisotopic (exact) mass is 659 g/mol. The highest BCUT2D eigenvalue weighted by atomic mass is 79.9. The number of amides is 2. The van der Waals surface area contributed by atoms with Crippen LogP contribution in [0.3, 0.4) is 0 Å². The lowest BCUT2D eigenvalue weighted by molar-refractivity contribution is -0.140. The third-order valence-electron chi connectivity index (χ3n) is 6.35. The second-order valence-electron chi connectivity index (χ2n) is 10.9. The number of ether oxygens (including phenoxy) is 2. The second-order valence-corrected chi connectivity index (χ2v) is 13.7. The summed E-state index contributed by atoms with van der Waals surface area (Å²) in [4.78, 5) is 29.5. The lowest BCUT2D eigenvalue weighted by Gasteiger charge is -2.35. The fraction of sp³-hybridized carbons (Fsp3) is 0.355. The van der Waals surface area contributed by atoms with Crippen molar-refractivity contribution in [3.63, 3.8) is 0 Å². The van der Waals surface area contributed by atoms with Crippen LogP contribution in [0.25, 0.3) is 0 Å². The van der Waals surface area contributed by atoms with Crippen LogP contribution in [0.2, 0.25) is 0 Å². The highest BCUT2D eigenvalue weighted by Crippen LogP contribution is 2.34. The van der Waals surface area contributed by atoms with Crippen molar-refractivity contribution in [2.75, 3.05) is 31.3 Å². The summed E-state index contributed by atoms with van der Waals surface area (Å²) in [5.74, 6) is -0.266. The van der Waals surface area contributed by atoms with Gasteiger partial charge in [-0.3, -0.25) is 13.9 Å². The standard InChI is InChI=1S/C31H38BrN3O6S/c1-31(2,3)33-30(37)27(18-22-11-8-7-9-12-22)34(20-23-13-10-14-24(32)17-23)29(36)21-35(42(6,38)39)26-19-25(40-4)15-16-28(26)41-5/h7-17,19,27H,18,20-21H2,1-6H3,(H,33,37)/t27-/m0/s1. The Hall–Kier alpha value is -3.57. The highest BCUT2D eigenvalue weighted by Gasteiger charge is 2.35. The molecule has 0 spiro atoms. The molecule has 1 N–H and O–H groups in total. The maximum Gasteiger partial charge on any atom is 0.244 e. The van der Waals surface area contributed by atoms with E-state index in [9.17, 15) is 18.0 Å². The van der Waals surface area contributed by atoms with E-state index in [-0.39, 0.29) is 30.3 Å².